The minimum absolute atomic E-state index is 0. The number of rotatable bonds is 3. The van der Waals surface area contributed by atoms with Gasteiger partial charge in [0.2, 0.25) is 0 Å². The van der Waals surface area contributed by atoms with E-state index in [0.717, 1.165) is 19.6 Å². The average molecular weight is 104 g/mol. The zero-order chi connectivity index (χ0) is 4.83. The third-order valence-electron chi connectivity index (χ3n) is 0.571. The van der Waals surface area contributed by atoms with Gasteiger partial charge in [-0.3, -0.25) is 0 Å². The van der Waals surface area contributed by atoms with Crippen LogP contribution in [0.4, 0.5) is 0 Å². The molecule has 0 aliphatic carbocycles. The Balaban J connectivity index is 0. The number of nitrogens with one attached hydrogen (secondary N) is 1. The lowest BCUT2D eigenvalue weighted by Crippen LogP contribution is -2.21. The first-order chi connectivity index (χ1) is 2.91. The highest BCUT2D eigenvalue weighted by Gasteiger charge is 1.71. The fourth-order valence-electron chi connectivity index (χ4n) is 0.279. The van der Waals surface area contributed by atoms with Crippen molar-refractivity contribution in [3.05, 3.63) is 0 Å². The predicted molar refractivity (Wildman–Crippen MR) is 34.3 cm³/mol. The molecule has 0 heterocycles. The molecule has 2 nitrogen and oxygen atoms in total. The van der Waals surface area contributed by atoms with E-state index in [4.69, 9.17) is 5.73 Å². The Morgan fingerprint density at radius 3 is 2.29 bits per heavy atom. The summed E-state index contributed by atoms with van der Waals surface area (Å²) in [7, 11) is 0. The second kappa shape index (κ2) is 9.33. The number of hydrogen-bond donors (Lipinski definition) is 2. The number of hydrogen-bond acceptors (Lipinski definition) is 2. The van der Waals surface area contributed by atoms with Gasteiger partial charge in [0.05, 0.1) is 0 Å². The van der Waals surface area contributed by atoms with Crippen LogP contribution in [0.2, 0.25) is 0 Å². The molecule has 0 atom stereocenters. The topological polar surface area (TPSA) is 38.0 Å². The molecular weight excluding hydrogens is 88.1 g/mol. The first kappa shape index (κ1) is 10.0. The van der Waals surface area contributed by atoms with Crippen LogP contribution in [0.3, 0.4) is 0 Å². The van der Waals surface area contributed by atoms with Gasteiger partial charge in [-0.05, 0) is 6.54 Å². The Hall–Kier alpha value is -0.0800. The van der Waals surface area contributed by atoms with Crippen LogP contribution in [0, 0.1) is 0 Å². The fraction of sp³-hybridized carbons (Fsp3) is 1.00. The zero-order valence-corrected chi connectivity index (χ0v) is 4.20. The molecule has 0 radical (unpaired) electrons. The molecule has 0 aromatic heterocycles. The van der Waals surface area contributed by atoms with Crippen LogP contribution in [0.25, 0.3) is 0 Å². The smallest absolute Gasteiger partial charge is 0.00743 e. The third kappa shape index (κ3) is 10.7. The quantitative estimate of drug-likeness (QED) is 0.502. The molecule has 0 saturated carbocycles. The largest absolute Gasteiger partial charge is 0.329 e. The van der Waals surface area contributed by atoms with E-state index in [1.165, 1.54) is 0 Å². The Kier molecular flexibility index (Phi) is 13.3. The monoisotopic (exact) mass is 104 g/mol. The van der Waals surface area contributed by atoms with Crippen molar-refractivity contribution in [1.82, 2.24) is 5.32 Å². The zero-order valence-electron chi connectivity index (χ0n) is 4.20. The predicted octanol–water partition coefficient (Wildman–Crippen LogP) is 0.191. The van der Waals surface area contributed by atoms with E-state index in [-0.39, 0.29) is 7.43 Å². The van der Waals surface area contributed by atoms with Crippen LogP contribution < -0.4 is 11.1 Å². The summed E-state index contributed by atoms with van der Waals surface area (Å²) in [6.45, 7) is 4.77. The summed E-state index contributed by atoms with van der Waals surface area (Å²) < 4.78 is 0. The third-order valence-corrected chi connectivity index (χ3v) is 0.571. The minimum Gasteiger partial charge on any atom is -0.329 e. The van der Waals surface area contributed by atoms with Gasteiger partial charge in [0.15, 0.2) is 0 Å². The average Bonchev–Trinajstić information content (AvgIpc) is 1.61. The lowest BCUT2D eigenvalue weighted by Gasteiger charge is -1.92. The highest BCUT2D eigenvalue weighted by atomic mass is 14.9. The van der Waals surface area contributed by atoms with Crippen molar-refractivity contribution >= 4 is 0 Å². The van der Waals surface area contributed by atoms with Gasteiger partial charge in [0.25, 0.3) is 0 Å². The van der Waals surface area contributed by atoms with Crippen molar-refractivity contribution in [3.63, 3.8) is 0 Å². The van der Waals surface area contributed by atoms with E-state index in [1.54, 1.807) is 0 Å². The Labute approximate surface area is 46.1 Å². The minimum atomic E-state index is 0. The Morgan fingerprint density at radius 2 is 2.14 bits per heavy atom. The van der Waals surface area contributed by atoms with E-state index < -0.39 is 0 Å². The lowest BCUT2D eigenvalue weighted by atomic mass is 10.6. The van der Waals surface area contributed by atoms with Gasteiger partial charge in [0, 0.05) is 13.1 Å². The second-order valence-electron chi connectivity index (χ2n) is 1.14. The molecule has 46 valence electrons. The van der Waals surface area contributed by atoms with Crippen molar-refractivity contribution in [2.24, 2.45) is 5.73 Å². The molecule has 0 aromatic carbocycles. The lowest BCUT2D eigenvalue weighted by molar-refractivity contribution is 0.725. The van der Waals surface area contributed by atoms with Gasteiger partial charge in [-0.1, -0.05) is 14.4 Å². The van der Waals surface area contributed by atoms with E-state index in [2.05, 4.69) is 12.2 Å². The highest BCUT2D eigenvalue weighted by Crippen LogP contribution is 1.48. The van der Waals surface area contributed by atoms with Crippen LogP contribution in [-0.2, 0) is 0 Å². The van der Waals surface area contributed by atoms with Gasteiger partial charge < -0.3 is 11.1 Å². The summed E-state index contributed by atoms with van der Waals surface area (Å²) in [5, 5.41) is 3.07. The molecule has 0 saturated heterocycles. The maximum Gasteiger partial charge on any atom is 0.00743 e. The molecule has 0 aromatic rings. The summed E-state index contributed by atoms with van der Waals surface area (Å²) >= 11 is 0. The summed E-state index contributed by atoms with van der Waals surface area (Å²) in [6, 6.07) is 0. The summed E-state index contributed by atoms with van der Waals surface area (Å²) in [6.07, 6.45) is 0. The first-order valence-electron chi connectivity index (χ1n) is 2.32. The van der Waals surface area contributed by atoms with E-state index >= 15 is 0 Å². The molecule has 0 amide bonds. The Morgan fingerprint density at radius 1 is 1.57 bits per heavy atom. The van der Waals surface area contributed by atoms with Gasteiger partial charge >= 0.3 is 0 Å². The second-order valence-corrected chi connectivity index (χ2v) is 1.14. The molecule has 7 heavy (non-hydrogen) atoms. The standard InChI is InChI=1S/C4H12N2.CH4/c1-2-6-4-3-5;/h6H,2-5H2,1H3;1H4. The van der Waals surface area contributed by atoms with Crippen LogP contribution in [0.15, 0.2) is 0 Å². The van der Waals surface area contributed by atoms with Crippen LogP contribution >= 0.6 is 0 Å². The summed E-state index contributed by atoms with van der Waals surface area (Å²) in [5.41, 5.74) is 5.15. The maximum absolute atomic E-state index is 5.15. The van der Waals surface area contributed by atoms with Crippen molar-refractivity contribution in [3.8, 4) is 0 Å². The van der Waals surface area contributed by atoms with Gasteiger partial charge in [0.1, 0.15) is 0 Å². The highest BCUT2D eigenvalue weighted by molar-refractivity contribution is 4.39. The summed E-state index contributed by atoms with van der Waals surface area (Å²) in [5.74, 6) is 0. The molecule has 2 heteroatoms. The van der Waals surface area contributed by atoms with Gasteiger partial charge in [-0.2, -0.15) is 0 Å². The normalized spacial score (nSPS) is 7.71. The first-order valence-corrected chi connectivity index (χ1v) is 2.32. The van der Waals surface area contributed by atoms with Crippen LogP contribution in [0.5, 0.6) is 0 Å². The number of nitrogens with two attached hydrogens (primary N) is 1. The SMILES string of the molecule is C.CCNCCN. The fourth-order valence-corrected chi connectivity index (χ4v) is 0.279. The van der Waals surface area contributed by atoms with Crippen LogP contribution in [-0.4, -0.2) is 19.6 Å². The van der Waals surface area contributed by atoms with E-state index in [0.29, 0.717) is 0 Å². The van der Waals surface area contributed by atoms with Gasteiger partial charge in [-0.25, -0.2) is 0 Å². The molecule has 0 bridgehead atoms. The molecule has 0 aliphatic heterocycles. The van der Waals surface area contributed by atoms with Crippen molar-refractivity contribution in [2.75, 3.05) is 19.6 Å². The van der Waals surface area contributed by atoms with Gasteiger partial charge in [-0.15, -0.1) is 0 Å². The molecule has 0 spiro atoms. The Bertz CT molecular complexity index is 18.0. The van der Waals surface area contributed by atoms with E-state index in [9.17, 15) is 0 Å². The number of likely N-dealkylation sites (N-methyl/N-ethyl adjacent to an activating group) is 1. The molecule has 0 unspecified atom stereocenters. The maximum atomic E-state index is 5.15. The molecule has 0 rings (SSSR count). The van der Waals surface area contributed by atoms with Crippen molar-refractivity contribution in [1.29, 1.82) is 0 Å². The molecule has 0 aliphatic rings. The molecule has 0 fully saturated rings. The molecular formula is C5H16N2. The van der Waals surface area contributed by atoms with Crippen molar-refractivity contribution < 1.29 is 0 Å². The van der Waals surface area contributed by atoms with Crippen LogP contribution in [0.1, 0.15) is 14.4 Å². The summed E-state index contributed by atoms with van der Waals surface area (Å²) in [4.78, 5) is 0. The van der Waals surface area contributed by atoms with Crippen molar-refractivity contribution in [2.45, 2.75) is 14.4 Å². The molecule has 3 N–H and O–H groups in total. The van der Waals surface area contributed by atoms with E-state index in [1.807, 2.05) is 0 Å².